The first kappa shape index (κ1) is 12.5. The number of hydrogen-bond donors (Lipinski definition) is 2. The van der Waals surface area contributed by atoms with E-state index in [-0.39, 0.29) is 12.5 Å². The van der Waals surface area contributed by atoms with E-state index in [1.165, 1.54) is 0 Å². The van der Waals surface area contributed by atoms with Gasteiger partial charge in [-0.15, -0.1) is 0 Å². The van der Waals surface area contributed by atoms with Crippen molar-refractivity contribution in [2.24, 2.45) is 5.73 Å². The molecule has 4 nitrogen and oxygen atoms in total. The zero-order valence-corrected chi connectivity index (χ0v) is 9.53. The highest BCUT2D eigenvalue weighted by atomic mass is 16.5. The van der Waals surface area contributed by atoms with Crippen molar-refractivity contribution in [1.29, 1.82) is 0 Å². The summed E-state index contributed by atoms with van der Waals surface area (Å²) >= 11 is 0. The molecule has 0 saturated heterocycles. The lowest BCUT2D eigenvalue weighted by molar-refractivity contribution is -0.119. The molecule has 4 heteroatoms. The van der Waals surface area contributed by atoms with Crippen LogP contribution in [-0.4, -0.2) is 25.6 Å². The molecule has 0 aliphatic heterocycles. The molecular weight excluding hydrogens is 204 g/mol. The minimum absolute atomic E-state index is 0.0348. The van der Waals surface area contributed by atoms with Crippen molar-refractivity contribution in [2.45, 2.75) is 13.3 Å². The highest BCUT2D eigenvalue weighted by Gasteiger charge is 2.02. The van der Waals surface area contributed by atoms with Gasteiger partial charge < -0.3 is 15.8 Å². The van der Waals surface area contributed by atoms with Crippen LogP contribution in [0.15, 0.2) is 24.3 Å². The molecule has 1 amide bonds. The van der Waals surface area contributed by atoms with Gasteiger partial charge in [0.2, 0.25) is 5.91 Å². The van der Waals surface area contributed by atoms with Crippen LogP contribution in [0.25, 0.3) is 0 Å². The Morgan fingerprint density at radius 1 is 1.44 bits per heavy atom. The van der Waals surface area contributed by atoms with E-state index < -0.39 is 0 Å². The maximum Gasteiger partial charge on any atom is 0.233 e. The van der Waals surface area contributed by atoms with Gasteiger partial charge in [-0.25, -0.2) is 0 Å². The van der Waals surface area contributed by atoms with Crippen LogP contribution < -0.4 is 15.8 Å². The summed E-state index contributed by atoms with van der Waals surface area (Å²) in [5.41, 5.74) is 6.29. The smallest absolute Gasteiger partial charge is 0.233 e. The molecule has 16 heavy (non-hydrogen) atoms. The van der Waals surface area contributed by atoms with Crippen LogP contribution in [0, 0.1) is 0 Å². The van der Waals surface area contributed by atoms with Gasteiger partial charge >= 0.3 is 0 Å². The molecule has 0 aliphatic carbocycles. The third-order valence-corrected chi connectivity index (χ3v) is 2.17. The quantitative estimate of drug-likeness (QED) is 0.744. The van der Waals surface area contributed by atoms with Crippen LogP contribution in [-0.2, 0) is 11.2 Å². The van der Waals surface area contributed by atoms with Crippen molar-refractivity contribution in [3.05, 3.63) is 29.8 Å². The Labute approximate surface area is 95.8 Å². The molecule has 3 N–H and O–H groups in total. The Bertz CT molecular complexity index is 340. The molecule has 0 fully saturated rings. The summed E-state index contributed by atoms with van der Waals surface area (Å²) in [5, 5.41) is 2.73. The van der Waals surface area contributed by atoms with Crippen LogP contribution in [0.2, 0.25) is 0 Å². The van der Waals surface area contributed by atoms with Crippen molar-refractivity contribution in [2.75, 3.05) is 19.7 Å². The lowest BCUT2D eigenvalue weighted by Gasteiger charge is -2.10. The van der Waals surface area contributed by atoms with Gasteiger partial charge in [0, 0.05) is 6.54 Å². The second-order valence-corrected chi connectivity index (χ2v) is 3.34. The van der Waals surface area contributed by atoms with Crippen molar-refractivity contribution in [3.63, 3.8) is 0 Å². The topological polar surface area (TPSA) is 64.3 Å². The number of ether oxygens (including phenoxy) is 1. The summed E-state index contributed by atoms with van der Waals surface area (Å²) in [5.74, 6) is 0.751. The van der Waals surface area contributed by atoms with Crippen LogP contribution >= 0.6 is 0 Å². The Kier molecular flexibility index (Phi) is 5.36. The number of rotatable bonds is 6. The van der Waals surface area contributed by atoms with Crippen molar-refractivity contribution < 1.29 is 9.53 Å². The van der Waals surface area contributed by atoms with E-state index in [1.807, 2.05) is 31.2 Å². The van der Waals surface area contributed by atoms with Gasteiger partial charge in [0.05, 0.1) is 13.2 Å². The van der Waals surface area contributed by atoms with E-state index in [0.717, 1.165) is 17.7 Å². The molecule has 88 valence electrons. The molecule has 0 spiro atoms. The summed E-state index contributed by atoms with van der Waals surface area (Å²) in [6, 6.07) is 7.83. The first-order chi connectivity index (χ1) is 7.77. The highest BCUT2D eigenvalue weighted by molar-refractivity contribution is 5.77. The average Bonchev–Trinajstić information content (AvgIpc) is 2.31. The monoisotopic (exact) mass is 222 g/mol. The summed E-state index contributed by atoms with van der Waals surface area (Å²) in [7, 11) is 0. The van der Waals surface area contributed by atoms with E-state index in [4.69, 9.17) is 10.5 Å². The van der Waals surface area contributed by atoms with Crippen molar-refractivity contribution in [3.8, 4) is 5.75 Å². The van der Waals surface area contributed by atoms with E-state index in [9.17, 15) is 4.79 Å². The fourth-order valence-corrected chi connectivity index (χ4v) is 1.42. The number of carbonyl (C=O) groups excluding carboxylic acids is 1. The van der Waals surface area contributed by atoms with Crippen LogP contribution in [0.5, 0.6) is 5.75 Å². The molecule has 1 aromatic rings. The predicted octanol–water partition coefficient (Wildman–Crippen LogP) is 0.703. The molecule has 0 unspecified atom stereocenters. The third-order valence-electron chi connectivity index (χ3n) is 2.17. The number of nitrogens with one attached hydrogen (secondary N) is 1. The van der Waals surface area contributed by atoms with Crippen LogP contribution in [0.4, 0.5) is 0 Å². The minimum atomic E-state index is -0.131. The largest absolute Gasteiger partial charge is 0.494 e. The lowest BCUT2D eigenvalue weighted by atomic mass is 10.1. The standard InChI is InChI=1S/C12H18N2O2/c1-2-16-11-6-4-3-5-10(11)7-8-14-12(15)9-13/h3-6H,2,7-9,13H2,1H3,(H,14,15). The average molecular weight is 222 g/mol. The number of carbonyl (C=O) groups is 1. The second kappa shape index (κ2) is 6.85. The molecule has 0 radical (unpaired) electrons. The first-order valence-corrected chi connectivity index (χ1v) is 5.45. The van der Waals surface area contributed by atoms with Gasteiger partial charge in [-0.1, -0.05) is 18.2 Å². The van der Waals surface area contributed by atoms with E-state index in [1.54, 1.807) is 0 Å². The molecule has 1 aromatic carbocycles. The predicted molar refractivity (Wildman–Crippen MR) is 63.4 cm³/mol. The Morgan fingerprint density at radius 2 is 2.19 bits per heavy atom. The van der Waals surface area contributed by atoms with Gasteiger partial charge in [0.25, 0.3) is 0 Å². The molecule has 1 rings (SSSR count). The van der Waals surface area contributed by atoms with Gasteiger partial charge in [-0.05, 0) is 25.0 Å². The summed E-state index contributed by atoms with van der Waals surface area (Å²) in [6.45, 7) is 3.21. The number of nitrogens with two attached hydrogens (primary N) is 1. The molecule has 0 atom stereocenters. The molecule has 0 saturated carbocycles. The van der Waals surface area contributed by atoms with E-state index in [0.29, 0.717) is 13.2 Å². The Hall–Kier alpha value is -1.55. The number of hydrogen-bond acceptors (Lipinski definition) is 3. The molecular formula is C12H18N2O2. The van der Waals surface area contributed by atoms with Crippen LogP contribution in [0.3, 0.4) is 0 Å². The fraction of sp³-hybridized carbons (Fsp3) is 0.417. The summed E-state index contributed by atoms with van der Waals surface area (Å²) in [6.07, 6.45) is 0.752. The van der Waals surface area contributed by atoms with Gasteiger partial charge in [-0.3, -0.25) is 4.79 Å². The minimum Gasteiger partial charge on any atom is -0.494 e. The normalized spacial score (nSPS) is 9.88. The Balaban J connectivity index is 2.49. The lowest BCUT2D eigenvalue weighted by Crippen LogP contribution is -2.31. The highest BCUT2D eigenvalue weighted by Crippen LogP contribution is 2.17. The number of para-hydroxylation sites is 1. The van der Waals surface area contributed by atoms with E-state index in [2.05, 4.69) is 5.32 Å². The SMILES string of the molecule is CCOc1ccccc1CCNC(=O)CN. The fourth-order valence-electron chi connectivity index (χ4n) is 1.42. The third kappa shape index (κ3) is 3.90. The van der Waals surface area contributed by atoms with Gasteiger partial charge in [0.1, 0.15) is 5.75 Å². The Morgan fingerprint density at radius 3 is 2.88 bits per heavy atom. The number of benzene rings is 1. The zero-order chi connectivity index (χ0) is 11.8. The molecule has 0 bridgehead atoms. The second-order valence-electron chi connectivity index (χ2n) is 3.34. The van der Waals surface area contributed by atoms with E-state index >= 15 is 0 Å². The first-order valence-electron chi connectivity index (χ1n) is 5.45. The van der Waals surface area contributed by atoms with Crippen LogP contribution in [0.1, 0.15) is 12.5 Å². The number of amides is 1. The maximum atomic E-state index is 10.9. The molecule has 0 aromatic heterocycles. The van der Waals surface area contributed by atoms with Crippen molar-refractivity contribution >= 4 is 5.91 Å². The molecule has 0 heterocycles. The van der Waals surface area contributed by atoms with Gasteiger partial charge in [0.15, 0.2) is 0 Å². The summed E-state index contributed by atoms with van der Waals surface area (Å²) in [4.78, 5) is 10.9. The van der Waals surface area contributed by atoms with Crippen molar-refractivity contribution in [1.82, 2.24) is 5.32 Å². The summed E-state index contributed by atoms with van der Waals surface area (Å²) < 4.78 is 5.48. The molecule has 0 aliphatic rings. The maximum absolute atomic E-state index is 10.9. The zero-order valence-electron chi connectivity index (χ0n) is 9.53. The van der Waals surface area contributed by atoms with Gasteiger partial charge in [-0.2, -0.15) is 0 Å².